The number of hydrogen-bond acceptors (Lipinski definition) is 0. The lowest BCUT2D eigenvalue weighted by atomic mass is 10.2. The second-order valence-corrected chi connectivity index (χ2v) is 4.29. The van der Waals surface area contributed by atoms with E-state index in [4.69, 9.17) is 34.8 Å². The van der Waals surface area contributed by atoms with Crippen molar-refractivity contribution in [2.24, 2.45) is 0 Å². The third-order valence-corrected chi connectivity index (χ3v) is 2.05. The van der Waals surface area contributed by atoms with Crippen LogP contribution in [-0.4, -0.2) is 9.39 Å². The molecular weight excluding hydrogens is 170 g/mol. The molecule has 0 aliphatic rings. The Kier molecular flexibility index (Phi) is 2.45. The van der Waals surface area contributed by atoms with Crippen molar-refractivity contribution in [3.05, 3.63) is 0 Å². The highest BCUT2D eigenvalue weighted by molar-refractivity contribution is 6.68. The Morgan fingerprint density at radius 2 is 1.25 bits per heavy atom. The number of alkyl halides is 3. The molecule has 0 N–H and O–H groups in total. The summed E-state index contributed by atoms with van der Waals surface area (Å²) in [5.41, 5.74) is -1.52. The van der Waals surface area contributed by atoms with E-state index in [0.29, 0.717) is 0 Å². The van der Waals surface area contributed by atoms with Gasteiger partial charge in [-0.15, -0.1) is 0 Å². The van der Waals surface area contributed by atoms with Gasteiger partial charge in [0.05, 0.1) is 0 Å². The SMILES string of the molecule is CC(C)([O])C(Cl)(Cl)Cl. The van der Waals surface area contributed by atoms with E-state index < -0.39 is 9.39 Å². The summed E-state index contributed by atoms with van der Waals surface area (Å²) < 4.78 is -1.70. The Bertz CT molecular complexity index is 66.3. The molecule has 0 spiro atoms. The van der Waals surface area contributed by atoms with E-state index in [1.165, 1.54) is 13.8 Å². The summed E-state index contributed by atoms with van der Waals surface area (Å²) in [6.07, 6.45) is 0. The van der Waals surface area contributed by atoms with Crippen molar-refractivity contribution in [1.82, 2.24) is 0 Å². The van der Waals surface area contributed by atoms with E-state index in [1.54, 1.807) is 0 Å². The minimum Gasteiger partial charge on any atom is -0.225 e. The van der Waals surface area contributed by atoms with Crippen LogP contribution >= 0.6 is 34.8 Å². The van der Waals surface area contributed by atoms with Gasteiger partial charge in [0.2, 0.25) is 3.79 Å². The molecule has 0 heterocycles. The lowest BCUT2D eigenvalue weighted by molar-refractivity contribution is 0.00778. The first-order valence-corrected chi connectivity index (χ1v) is 3.15. The van der Waals surface area contributed by atoms with Crippen LogP contribution in [0.15, 0.2) is 0 Å². The molecule has 0 fully saturated rings. The van der Waals surface area contributed by atoms with Gasteiger partial charge >= 0.3 is 0 Å². The monoisotopic (exact) mass is 175 g/mol. The van der Waals surface area contributed by atoms with Crippen LogP contribution in [-0.2, 0) is 5.11 Å². The first-order valence-electron chi connectivity index (χ1n) is 2.02. The molecular formula is C4H6Cl3O. The zero-order valence-electron chi connectivity index (χ0n) is 4.54. The van der Waals surface area contributed by atoms with Crippen molar-refractivity contribution in [2.75, 3.05) is 0 Å². The topological polar surface area (TPSA) is 19.9 Å². The quantitative estimate of drug-likeness (QED) is 0.506. The molecule has 0 saturated carbocycles. The Labute approximate surface area is 63.5 Å². The van der Waals surface area contributed by atoms with Crippen LogP contribution in [0.25, 0.3) is 0 Å². The van der Waals surface area contributed by atoms with Gasteiger partial charge in [0.1, 0.15) is 5.60 Å². The van der Waals surface area contributed by atoms with Gasteiger partial charge in [-0.1, -0.05) is 34.8 Å². The predicted octanol–water partition coefficient (Wildman–Crippen LogP) is 2.57. The molecule has 0 aliphatic carbocycles. The van der Waals surface area contributed by atoms with Gasteiger partial charge in [-0.3, -0.25) is 0 Å². The molecule has 0 atom stereocenters. The molecule has 0 rings (SSSR count). The van der Waals surface area contributed by atoms with Gasteiger partial charge in [-0.05, 0) is 13.8 Å². The molecule has 0 saturated heterocycles. The van der Waals surface area contributed by atoms with Crippen molar-refractivity contribution in [2.45, 2.75) is 23.2 Å². The zero-order valence-corrected chi connectivity index (χ0v) is 6.81. The molecule has 4 heteroatoms. The van der Waals surface area contributed by atoms with Gasteiger partial charge in [0, 0.05) is 0 Å². The van der Waals surface area contributed by atoms with Crippen LogP contribution in [0.1, 0.15) is 13.8 Å². The molecule has 49 valence electrons. The fraction of sp³-hybridized carbons (Fsp3) is 1.00. The maximum atomic E-state index is 10.7. The van der Waals surface area contributed by atoms with Crippen LogP contribution in [0.3, 0.4) is 0 Å². The largest absolute Gasteiger partial charge is 0.225 e. The molecule has 0 unspecified atom stereocenters. The van der Waals surface area contributed by atoms with Crippen LogP contribution in [0, 0.1) is 0 Å². The highest BCUT2D eigenvalue weighted by Gasteiger charge is 2.40. The average molecular weight is 176 g/mol. The second kappa shape index (κ2) is 2.22. The second-order valence-electron chi connectivity index (χ2n) is 2.01. The summed E-state index contributed by atoms with van der Waals surface area (Å²) in [6, 6.07) is 0. The number of rotatable bonds is 0. The molecule has 8 heavy (non-hydrogen) atoms. The normalized spacial score (nSPS) is 14.2. The Morgan fingerprint density at radius 1 is 1.12 bits per heavy atom. The van der Waals surface area contributed by atoms with E-state index in [-0.39, 0.29) is 0 Å². The summed E-state index contributed by atoms with van der Waals surface area (Å²) in [6.45, 7) is 2.64. The first-order chi connectivity index (χ1) is 3.25. The third kappa shape index (κ3) is 2.40. The van der Waals surface area contributed by atoms with Crippen molar-refractivity contribution in [3.8, 4) is 0 Å². The lowest BCUT2D eigenvalue weighted by Gasteiger charge is -2.22. The zero-order chi connectivity index (χ0) is 7.00. The fourth-order valence-electron chi connectivity index (χ4n) is 0. The van der Waals surface area contributed by atoms with Crippen LogP contribution in [0.2, 0.25) is 0 Å². The van der Waals surface area contributed by atoms with Gasteiger partial charge in [0.25, 0.3) is 0 Å². The van der Waals surface area contributed by atoms with Crippen LogP contribution in [0.5, 0.6) is 0 Å². The molecule has 1 nitrogen and oxygen atoms in total. The summed E-state index contributed by atoms with van der Waals surface area (Å²) in [5, 5.41) is 10.7. The molecule has 1 radical (unpaired) electrons. The standard InChI is InChI=1S/C4H6Cl3O/c1-3(2,8)4(5,6)7/h1-2H3. The van der Waals surface area contributed by atoms with Gasteiger partial charge in [0.15, 0.2) is 0 Å². The highest BCUT2D eigenvalue weighted by Crippen LogP contribution is 2.37. The summed E-state index contributed by atoms with van der Waals surface area (Å²) in [5.74, 6) is 0. The molecule has 0 bridgehead atoms. The average Bonchev–Trinajstić information content (AvgIpc) is 1.25. The van der Waals surface area contributed by atoms with E-state index in [9.17, 15) is 5.11 Å². The third-order valence-electron chi connectivity index (χ3n) is 0.683. The predicted molar refractivity (Wildman–Crippen MR) is 35.1 cm³/mol. The summed E-state index contributed by atoms with van der Waals surface area (Å²) in [4.78, 5) is 0. The molecule has 0 aromatic carbocycles. The van der Waals surface area contributed by atoms with Crippen molar-refractivity contribution in [3.63, 3.8) is 0 Å². The Balaban J connectivity index is 4.02. The Hall–Kier alpha value is 0.830. The first kappa shape index (κ1) is 8.83. The summed E-state index contributed by atoms with van der Waals surface area (Å²) >= 11 is 15.7. The van der Waals surface area contributed by atoms with Gasteiger partial charge < -0.3 is 0 Å². The number of hydrogen-bond donors (Lipinski definition) is 0. The fourth-order valence-corrected chi connectivity index (χ4v) is 0. The lowest BCUT2D eigenvalue weighted by Crippen LogP contribution is -2.34. The molecule has 0 aromatic heterocycles. The minimum atomic E-state index is -1.70. The molecule has 0 aliphatic heterocycles. The maximum absolute atomic E-state index is 10.7. The van der Waals surface area contributed by atoms with Gasteiger partial charge in [-0.25, -0.2) is 5.11 Å². The Morgan fingerprint density at radius 3 is 1.25 bits per heavy atom. The summed E-state index contributed by atoms with van der Waals surface area (Å²) in [7, 11) is 0. The maximum Gasteiger partial charge on any atom is 0.221 e. The van der Waals surface area contributed by atoms with Crippen LogP contribution in [0.4, 0.5) is 0 Å². The van der Waals surface area contributed by atoms with E-state index >= 15 is 0 Å². The van der Waals surface area contributed by atoms with Crippen molar-refractivity contribution < 1.29 is 5.11 Å². The number of halogens is 3. The van der Waals surface area contributed by atoms with Crippen molar-refractivity contribution >= 4 is 34.8 Å². The molecule has 0 aromatic rings. The smallest absolute Gasteiger partial charge is 0.221 e. The van der Waals surface area contributed by atoms with E-state index in [1.807, 2.05) is 0 Å². The van der Waals surface area contributed by atoms with Gasteiger partial charge in [-0.2, -0.15) is 0 Å². The van der Waals surface area contributed by atoms with E-state index in [0.717, 1.165) is 0 Å². The van der Waals surface area contributed by atoms with Crippen molar-refractivity contribution in [1.29, 1.82) is 0 Å². The molecule has 0 amide bonds. The van der Waals surface area contributed by atoms with Crippen LogP contribution < -0.4 is 0 Å². The highest BCUT2D eigenvalue weighted by atomic mass is 35.6. The van der Waals surface area contributed by atoms with E-state index in [2.05, 4.69) is 0 Å². The minimum absolute atomic E-state index is 1.32.